The number of nitrogens with zero attached hydrogens (tertiary/aromatic N) is 5. The maximum Gasteiger partial charge on any atom is 0.227 e. The number of tetrazole rings is 1. The van der Waals surface area contributed by atoms with Crippen molar-refractivity contribution in [2.45, 2.75) is 19.9 Å². The number of aromatic amines is 1. The van der Waals surface area contributed by atoms with Crippen LogP contribution in [0.4, 0.5) is 5.69 Å². The van der Waals surface area contributed by atoms with E-state index in [2.05, 4.69) is 25.8 Å². The Labute approximate surface area is 161 Å². The SMILES string of the molecule is CCC(=O)N(Cc1cccc(-c2cnoc2)c1)c1cccc(-c2nn[nH]n2)c1. The molecule has 1 amide bonds. The van der Waals surface area contributed by atoms with Gasteiger partial charge in [-0.1, -0.05) is 42.4 Å². The zero-order valence-corrected chi connectivity index (χ0v) is 15.2. The molecule has 140 valence electrons. The molecule has 28 heavy (non-hydrogen) atoms. The number of hydrogen-bond acceptors (Lipinski definition) is 6. The van der Waals surface area contributed by atoms with Gasteiger partial charge in [-0.15, -0.1) is 10.2 Å². The van der Waals surface area contributed by atoms with Crippen molar-refractivity contribution < 1.29 is 9.32 Å². The number of H-pyrrole nitrogens is 1. The Kier molecular flexibility index (Phi) is 4.92. The van der Waals surface area contributed by atoms with Crippen LogP contribution in [0.5, 0.6) is 0 Å². The van der Waals surface area contributed by atoms with Crippen LogP contribution in [0.25, 0.3) is 22.5 Å². The van der Waals surface area contributed by atoms with Crippen molar-refractivity contribution in [1.82, 2.24) is 25.8 Å². The fourth-order valence-corrected chi connectivity index (χ4v) is 2.99. The van der Waals surface area contributed by atoms with Gasteiger partial charge in [0.05, 0.1) is 12.7 Å². The van der Waals surface area contributed by atoms with Crippen molar-refractivity contribution in [2.24, 2.45) is 0 Å². The number of carbonyl (C=O) groups excluding carboxylic acids is 1. The standard InChI is InChI=1S/C20H18N6O2/c1-2-19(27)26(18-8-4-7-16(10-18)20-22-24-25-23-20)12-14-5-3-6-15(9-14)17-11-21-28-13-17/h3-11,13H,2,12H2,1H3,(H,22,23,24,25). The smallest absolute Gasteiger partial charge is 0.227 e. The van der Waals surface area contributed by atoms with Gasteiger partial charge in [-0.25, -0.2) is 0 Å². The molecular formula is C20H18N6O2. The zero-order chi connectivity index (χ0) is 19.3. The van der Waals surface area contributed by atoms with Crippen LogP contribution in [0.1, 0.15) is 18.9 Å². The molecule has 2 aromatic carbocycles. The number of benzene rings is 2. The summed E-state index contributed by atoms with van der Waals surface area (Å²) in [6.07, 6.45) is 3.67. The van der Waals surface area contributed by atoms with Gasteiger partial charge in [0.1, 0.15) is 6.26 Å². The van der Waals surface area contributed by atoms with Crippen LogP contribution in [0.3, 0.4) is 0 Å². The van der Waals surface area contributed by atoms with Crippen LogP contribution >= 0.6 is 0 Å². The van der Waals surface area contributed by atoms with Crippen LogP contribution in [0, 0.1) is 0 Å². The van der Waals surface area contributed by atoms with Crippen molar-refractivity contribution in [2.75, 3.05) is 4.90 Å². The third kappa shape index (κ3) is 3.66. The lowest BCUT2D eigenvalue weighted by Gasteiger charge is -2.23. The van der Waals surface area contributed by atoms with Crippen molar-refractivity contribution in [3.8, 4) is 22.5 Å². The van der Waals surface area contributed by atoms with Gasteiger partial charge >= 0.3 is 0 Å². The summed E-state index contributed by atoms with van der Waals surface area (Å²) < 4.78 is 4.93. The van der Waals surface area contributed by atoms with E-state index in [0.717, 1.165) is 27.9 Å². The number of hydrogen-bond donors (Lipinski definition) is 1. The molecule has 4 rings (SSSR count). The quantitative estimate of drug-likeness (QED) is 0.555. The molecule has 2 aromatic heterocycles. The zero-order valence-electron chi connectivity index (χ0n) is 15.2. The summed E-state index contributed by atoms with van der Waals surface area (Å²) in [5.41, 5.74) is 4.46. The first-order valence-electron chi connectivity index (χ1n) is 8.87. The predicted molar refractivity (Wildman–Crippen MR) is 103 cm³/mol. The second-order valence-electron chi connectivity index (χ2n) is 6.23. The van der Waals surface area contributed by atoms with Gasteiger partial charge < -0.3 is 9.42 Å². The normalized spacial score (nSPS) is 10.8. The number of anilines is 1. The molecule has 1 N–H and O–H groups in total. The third-order valence-electron chi connectivity index (χ3n) is 4.40. The maximum atomic E-state index is 12.7. The predicted octanol–water partition coefficient (Wildman–Crippen LogP) is 3.46. The van der Waals surface area contributed by atoms with E-state index >= 15 is 0 Å². The van der Waals surface area contributed by atoms with Crippen molar-refractivity contribution >= 4 is 11.6 Å². The van der Waals surface area contributed by atoms with Gasteiger partial charge in [0.15, 0.2) is 0 Å². The molecule has 0 saturated heterocycles. The highest BCUT2D eigenvalue weighted by Crippen LogP contribution is 2.26. The Hall–Kier alpha value is -3.81. The number of carbonyl (C=O) groups is 1. The molecule has 0 aliphatic heterocycles. The Morgan fingerprint density at radius 2 is 1.96 bits per heavy atom. The number of rotatable bonds is 6. The molecule has 0 aliphatic rings. The van der Waals surface area contributed by atoms with E-state index in [1.165, 1.54) is 0 Å². The van der Waals surface area contributed by atoms with E-state index in [-0.39, 0.29) is 5.91 Å². The summed E-state index contributed by atoms with van der Waals surface area (Å²) in [7, 11) is 0. The van der Waals surface area contributed by atoms with Crippen LogP contribution in [0.15, 0.2) is 65.5 Å². The van der Waals surface area contributed by atoms with Gasteiger partial charge in [-0.05, 0) is 34.5 Å². The molecule has 8 heteroatoms. The van der Waals surface area contributed by atoms with E-state index < -0.39 is 0 Å². The lowest BCUT2D eigenvalue weighted by Crippen LogP contribution is -2.29. The maximum absolute atomic E-state index is 12.7. The first-order chi connectivity index (χ1) is 13.7. The highest BCUT2D eigenvalue weighted by atomic mass is 16.5. The summed E-state index contributed by atoms with van der Waals surface area (Å²) in [4.78, 5) is 14.4. The van der Waals surface area contributed by atoms with Gasteiger partial charge in [0, 0.05) is 23.2 Å². The summed E-state index contributed by atoms with van der Waals surface area (Å²) in [6.45, 7) is 2.30. The van der Waals surface area contributed by atoms with Crippen molar-refractivity contribution in [3.05, 3.63) is 66.6 Å². The number of nitrogens with one attached hydrogen (secondary N) is 1. The fourth-order valence-electron chi connectivity index (χ4n) is 2.99. The van der Waals surface area contributed by atoms with Gasteiger partial charge in [-0.3, -0.25) is 4.79 Å². The Morgan fingerprint density at radius 1 is 1.11 bits per heavy atom. The first-order valence-corrected chi connectivity index (χ1v) is 8.87. The minimum atomic E-state index is 0.0284. The average Bonchev–Trinajstić information content (AvgIpc) is 3.46. The molecule has 0 aliphatic carbocycles. The largest absolute Gasteiger partial charge is 0.364 e. The molecule has 8 nitrogen and oxygen atoms in total. The molecule has 0 atom stereocenters. The molecular weight excluding hydrogens is 356 g/mol. The van der Waals surface area contributed by atoms with Crippen molar-refractivity contribution in [1.29, 1.82) is 0 Å². The fraction of sp³-hybridized carbons (Fsp3) is 0.150. The molecule has 0 bridgehead atoms. The monoisotopic (exact) mass is 374 g/mol. The molecule has 0 radical (unpaired) electrons. The van der Waals surface area contributed by atoms with E-state index in [1.54, 1.807) is 17.4 Å². The number of aromatic nitrogens is 5. The van der Waals surface area contributed by atoms with Crippen LogP contribution < -0.4 is 4.90 Å². The first kappa shape index (κ1) is 17.6. The van der Waals surface area contributed by atoms with E-state index in [4.69, 9.17) is 4.52 Å². The Morgan fingerprint density at radius 3 is 2.71 bits per heavy atom. The molecule has 0 spiro atoms. The topological polar surface area (TPSA) is 101 Å². The molecule has 0 unspecified atom stereocenters. The summed E-state index contributed by atoms with van der Waals surface area (Å²) in [5, 5.41) is 17.8. The minimum absolute atomic E-state index is 0.0284. The van der Waals surface area contributed by atoms with Crippen LogP contribution in [0.2, 0.25) is 0 Å². The molecule has 4 aromatic rings. The van der Waals surface area contributed by atoms with E-state index in [9.17, 15) is 4.79 Å². The Balaban J connectivity index is 1.66. The molecule has 0 fully saturated rings. The van der Waals surface area contributed by atoms with E-state index in [1.807, 2.05) is 55.5 Å². The lowest BCUT2D eigenvalue weighted by atomic mass is 10.1. The Bertz CT molecular complexity index is 1060. The lowest BCUT2D eigenvalue weighted by molar-refractivity contribution is -0.118. The second kappa shape index (κ2) is 7.83. The van der Waals surface area contributed by atoms with Gasteiger partial charge in [0.25, 0.3) is 0 Å². The minimum Gasteiger partial charge on any atom is -0.364 e. The molecule has 2 heterocycles. The van der Waals surface area contributed by atoms with Crippen molar-refractivity contribution in [3.63, 3.8) is 0 Å². The third-order valence-corrected chi connectivity index (χ3v) is 4.40. The van der Waals surface area contributed by atoms with Gasteiger partial charge in [-0.2, -0.15) is 5.21 Å². The molecule has 0 saturated carbocycles. The van der Waals surface area contributed by atoms with Crippen LogP contribution in [-0.2, 0) is 11.3 Å². The highest BCUT2D eigenvalue weighted by Gasteiger charge is 2.16. The highest BCUT2D eigenvalue weighted by molar-refractivity contribution is 5.93. The van der Waals surface area contributed by atoms with Gasteiger partial charge in [0.2, 0.25) is 11.7 Å². The summed E-state index contributed by atoms with van der Waals surface area (Å²) in [6, 6.07) is 15.5. The van der Waals surface area contributed by atoms with Crippen LogP contribution in [-0.4, -0.2) is 31.7 Å². The summed E-state index contributed by atoms with van der Waals surface area (Å²) in [5.74, 6) is 0.515. The van der Waals surface area contributed by atoms with E-state index in [0.29, 0.717) is 18.8 Å². The summed E-state index contributed by atoms with van der Waals surface area (Å²) >= 11 is 0. The number of amides is 1. The average molecular weight is 374 g/mol. The second-order valence-corrected chi connectivity index (χ2v) is 6.23.